The Balaban J connectivity index is 1.91. The molecule has 2 nitrogen and oxygen atoms in total. The van der Waals surface area contributed by atoms with Gasteiger partial charge in [0.25, 0.3) is 0 Å². The van der Waals surface area contributed by atoms with Crippen molar-refractivity contribution in [3.63, 3.8) is 0 Å². The Morgan fingerprint density at radius 2 is 1.74 bits per heavy atom. The molecule has 0 atom stereocenters. The highest BCUT2D eigenvalue weighted by Crippen LogP contribution is 2.30. The highest BCUT2D eigenvalue weighted by molar-refractivity contribution is 5.95. The third-order valence-corrected chi connectivity index (χ3v) is 4.28. The third kappa shape index (κ3) is 2.28. The van der Waals surface area contributed by atoms with E-state index in [2.05, 4.69) is 18.2 Å². The van der Waals surface area contributed by atoms with Crippen LogP contribution in [0, 0.1) is 0 Å². The molecule has 0 aliphatic heterocycles. The first-order valence-corrected chi connectivity index (χ1v) is 6.98. The summed E-state index contributed by atoms with van der Waals surface area (Å²) in [4.78, 5) is 12.5. The van der Waals surface area contributed by atoms with Crippen LogP contribution in [0.4, 0.5) is 0 Å². The van der Waals surface area contributed by atoms with Crippen molar-refractivity contribution in [3.8, 4) is 0 Å². The maximum atomic E-state index is 12.5. The lowest BCUT2D eigenvalue weighted by molar-refractivity contribution is -0.123. The summed E-state index contributed by atoms with van der Waals surface area (Å²) in [5, 5.41) is 2.35. The largest absolute Gasteiger partial charge is 0.319 e. The lowest BCUT2D eigenvalue weighted by Gasteiger charge is -2.22. The van der Waals surface area contributed by atoms with E-state index in [9.17, 15) is 4.79 Å². The van der Waals surface area contributed by atoms with Crippen molar-refractivity contribution in [1.29, 1.82) is 0 Å². The smallest absolute Gasteiger partial charge is 0.157 e. The van der Waals surface area contributed by atoms with E-state index in [0.717, 1.165) is 31.2 Å². The summed E-state index contributed by atoms with van der Waals surface area (Å²) >= 11 is 0. The first-order valence-electron chi connectivity index (χ1n) is 6.98. The number of hydrogen-bond acceptors (Lipinski definition) is 2. The molecule has 0 spiro atoms. The molecule has 1 saturated carbocycles. The van der Waals surface area contributed by atoms with Gasteiger partial charge < -0.3 is 5.73 Å². The first-order chi connectivity index (χ1) is 9.19. The van der Waals surface area contributed by atoms with Crippen LogP contribution in [-0.2, 0) is 11.2 Å². The van der Waals surface area contributed by atoms with Gasteiger partial charge in [-0.15, -0.1) is 0 Å². The molecule has 2 aromatic carbocycles. The number of benzene rings is 2. The Morgan fingerprint density at radius 3 is 2.53 bits per heavy atom. The number of nitrogens with two attached hydrogens (primary N) is 1. The maximum absolute atomic E-state index is 12.5. The second-order valence-corrected chi connectivity index (χ2v) is 5.60. The summed E-state index contributed by atoms with van der Waals surface area (Å²) in [5.74, 6) is 0.196. The molecule has 2 heteroatoms. The molecule has 0 bridgehead atoms. The van der Waals surface area contributed by atoms with E-state index in [0.29, 0.717) is 6.42 Å². The van der Waals surface area contributed by atoms with Crippen molar-refractivity contribution < 1.29 is 4.79 Å². The number of carbonyl (C=O) groups is 1. The first kappa shape index (κ1) is 12.4. The van der Waals surface area contributed by atoms with Gasteiger partial charge in [0.05, 0.1) is 5.54 Å². The molecular formula is C17H19NO. The van der Waals surface area contributed by atoms with Crippen LogP contribution >= 0.6 is 0 Å². The van der Waals surface area contributed by atoms with Crippen molar-refractivity contribution >= 4 is 16.6 Å². The molecule has 1 aliphatic rings. The standard InChI is InChI=1S/C17H19NO/c18-17(10-3-4-11-17)16(19)12-14-8-5-7-13-6-1-2-9-15(13)14/h1-2,5-9H,3-4,10-12,18H2. The highest BCUT2D eigenvalue weighted by Gasteiger charge is 2.36. The summed E-state index contributed by atoms with van der Waals surface area (Å²) in [6, 6.07) is 14.3. The van der Waals surface area contributed by atoms with Crippen LogP contribution in [0.25, 0.3) is 10.8 Å². The van der Waals surface area contributed by atoms with Crippen LogP contribution in [0.1, 0.15) is 31.2 Å². The number of rotatable bonds is 3. The van der Waals surface area contributed by atoms with E-state index < -0.39 is 5.54 Å². The van der Waals surface area contributed by atoms with Gasteiger partial charge in [0.2, 0.25) is 0 Å². The summed E-state index contributed by atoms with van der Waals surface area (Å²) < 4.78 is 0. The second kappa shape index (κ2) is 4.78. The molecule has 0 saturated heterocycles. The Morgan fingerprint density at radius 1 is 1.05 bits per heavy atom. The van der Waals surface area contributed by atoms with Crippen molar-refractivity contribution in [2.45, 2.75) is 37.6 Å². The van der Waals surface area contributed by atoms with Crippen molar-refractivity contribution in [3.05, 3.63) is 48.0 Å². The molecule has 98 valence electrons. The zero-order chi connectivity index (χ0) is 13.3. The topological polar surface area (TPSA) is 43.1 Å². The van der Waals surface area contributed by atoms with Gasteiger partial charge in [-0.05, 0) is 29.2 Å². The zero-order valence-corrected chi connectivity index (χ0v) is 11.1. The molecule has 0 radical (unpaired) electrons. The van der Waals surface area contributed by atoms with Gasteiger partial charge in [0, 0.05) is 6.42 Å². The monoisotopic (exact) mass is 253 g/mol. The fourth-order valence-corrected chi connectivity index (χ4v) is 3.08. The van der Waals surface area contributed by atoms with Gasteiger partial charge >= 0.3 is 0 Å². The predicted molar refractivity (Wildman–Crippen MR) is 78.0 cm³/mol. The number of ketones is 1. The summed E-state index contributed by atoms with van der Waals surface area (Å²) in [6.07, 6.45) is 4.31. The van der Waals surface area contributed by atoms with E-state index in [-0.39, 0.29) is 5.78 Å². The Labute approximate surface area is 113 Å². The minimum Gasteiger partial charge on any atom is -0.319 e. The SMILES string of the molecule is NC1(C(=O)Cc2cccc3ccccc23)CCCC1. The van der Waals surface area contributed by atoms with Crippen molar-refractivity contribution in [2.24, 2.45) is 5.73 Å². The molecule has 3 rings (SSSR count). The normalized spacial score (nSPS) is 17.7. The van der Waals surface area contributed by atoms with Crippen LogP contribution in [0.3, 0.4) is 0 Å². The van der Waals surface area contributed by atoms with E-state index in [1.54, 1.807) is 0 Å². The van der Waals surface area contributed by atoms with Gasteiger partial charge in [0.1, 0.15) is 0 Å². The van der Waals surface area contributed by atoms with Gasteiger partial charge in [-0.1, -0.05) is 55.3 Å². The van der Waals surface area contributed by atoms with E-state index in [4.69, 9.17) is 5.73 Å². The minimum atomic E-state index is -0.572. The maximum Gasteiger partial charge on any atom is 0.157 e. The molecule has 1 fully saturated rings. The summed E-state index contributed by atoms with van der Waals surface area (Å²) in [7, 11) is 0. The van der Waals surface area contributed by atoms with Gasteiger partial charge in [0.15, 0.2) is 5.78 Å². The number of fused-ring (bicyclic) bond motifs is 1. The van der Waals surface area contributed by atoms with Crippen LogP contribution in [-0.4, -0.2) is 11.3 Å². The predicted octanol–water partition coefficient (Wildman–Crippen LogP) is 3.22. The molecule has 19 heavy (non-hydrogen) atoms. The molecule has 0 amide bonds. The molecule has 0 heterocycles. The van der Waals surface area contributed by atoms with Gasteiger partial charge in [-0.2, -0.15) is 0 Å². The lowest BCUT2D eigenvalue weighted by atomic mass is 9.88. The Kier molecular flexibility index (Phi) is 3.11. The van der Waals surface area contributed by atoms with E-state index >= 15 is 0 Å². The van der Waals surface area contributed by atoms with Gasteiger partial charge in [-0.3, -0.25) is 4.79 Å². The molecule has 0 unspecified atom stereocenters. The Hall–Kier alpha value is -1.67. The third-order valence-electron chi connectivity index (χ3n) is 4.28. The average Bonchev–Trinajstić information content (AvgIpc) is 2.87. The van der Waals surface area contributed by atoms with E-state index in [1.807, 2.05) is 24.3 Å². The molecule has 2 N–H and O–H groups in total. The Bertz CT molecular complexity index is 606. The minimum absolute atomic E-state index is 0.196. The molecule has 2 aromatic rings. The quantitative estimate of drug-likeness (QED) is 0.912. The fourth-order valence-electron chi connectivity index (χ4n) is 3.08. The van der Waals surface area contributed by atoms with Crippen LogP contribution in [0.2, 0.25) is 0 Å². The number of carbonyl (C=O) groups excluding carboxylic acids is 1. The summed E-state index contributed by atoms with van der Waals surface area (Å²) in [5.41, 5.74) is 6.77. The average molecular weight is 253 g/mol. The molecule has 0 aromatic heterocycles. The van der Waals surface area contributed by atoms with Crippen molar-refractivity contribution in [1.82, 2.24) is 0 Å². The zero-order valence-electron chi connectivity index (χ0n) is 11.1. The fraction of sp³-hybridized carbons (Fsp3) is 0.353. The molecule has 1 aliphatic carbocycles. The van der Waals surface area contributed by atoms with Crippen LogP contribution in [0.15, 0.2) is 42.5 Å². The summed E-state index contributed by atoms with van der Waals surface area (Å²) in [6.45, 7) is 0. The lowest BCUT2D eigenvalue weighted by Crippen LogP contribution is -2.46. The second-order valence-electron chi connectivity index (χ2n) is 5.60. The van der Waals surface area contributed by atoms with Crippen molar-refractivity contribution in [2.75, 3.05) is 0 Å². The van der Waals surface area contributed by atoms with Crippen LogP contribution in [0.5, 0.6) is 0 Å². The van der Waals surface area contributed by atoms with E-state index in [1.165, 1.54) is 10.8 Å². The highest BCUT2D eigenvalue weighted by atomic mass is 16.1. The molecular weight excluding hydrogens is 234 g/mol. The number of Topliss-reactive ketones (excluding diaryl/α,β-unsaturated/α-hetero) is 1. The van der Waals surface area contributed by atoms with Gasteiger partial charge in [-0.25, -0.2) is 0 Å². The van der Waals surface area contributed by atoms with Crippen LogP contribution < -0.4 is 5.73 Å². The number of hydrogen-bond donors (Lipinski definition) is 1.